The van der Waals surface area contributed by atoms with Crippen LogP contribution < -0.4 is 9.64 Å². The first-order valence-corrected chi connectivity index (χ1v) is 13.1. The summed E-state index contributed by atoms with van der Waals surface area (Å²) in [5.74, 6) is 1.35. The Balaban J connectivity index is 1.49. The molecule has 0 bridgehead atoms. The Hall–Kier alpha value is -2.98. The Morgan fingerprint density at radius 1 is 0.971 bits per heavy atom. The third-order valence-electron chi connectivity index (χ3n) is 6.27. The Morgan fingerprint density at radius 2 is 1.62 bits per heavy atom. The smallest absolute Gasteiger partial charge is 0.198 e. The van der Waals surface area contributed by atoms with Gasteiger partial charge in [0.1, 0.15) is 5.75 Å². The van der Waals surface area contributed by atoms with Crippen LogP contribution in [-0.2, 0) is 15.7 Å². The topological polar surface area (TPSA) is 93.4 Å². The van der Waals surface area contributed by atoms with Crippen molar-refractivity contribution in [2.24, 2.45) is 5.92 Å². The predicted molar refractivity (Wildman–Crippen MR) is 131 cm³/mol. The number of nitrogens with zero attached hydrogens (tertiary/aromatic N) is 6. The van der Waals surface area contributed by atoms with Gasteiger partial charge in [0.05, 0.1) is 18.0 Å². The molecule has 0 radical (unpaired) electrons. The molecule has 1 aromatic heterocycles. The Labute approximate surface area is 201 Å². The van der Waals surface area contributed by atoms with Crippen LogP contribution in [0.4, 0.5) is 5.69 Å². The van der Waals surface area contributed by atoms with Crippen molar-refractivity contribution in [2.45, 2.75) is 37.6 Å². The van der Waals surface area contributed by atoms with E-state index in [4.69, 9.17) is 4.74 Å². The minimum Gasteiger partial charge on any atom is -0.497 e. The molecule has 0 N–H and O–H groups in total. The van der Waals surface area contributed by atoms with Gasteiger partial charge in [0.2, 0.25) is 0 Å². The van der Waals surface area contributed by atoms with Crippen LogP contribution in [0.25, 0.3) is 0 Å². The molecule has 9 nitrogen and oxygen atoms in total. The number of tetrazole rings is 1. The van der Waals surface area contributed by atoms with Crippen LogP contribution in [0.5, 0.6) is 5.75 Å². The van der Waals surface area contributed by atoms with E-state index >= 15 is 0 Å². The van der Waals surface area contributed by atoms with Gasteiger partial charge in [0, 0.05) is 31.9 Å². The molecule has 0 spiro atoms. The Morgan fingerprint density at radius 3 is 2.21 bits per heavy atom. The molecule has 1 unspecified atom stereocenters. The summed E-state index contributed by atoms with van der Waals surface area (Å²) in [7, 11) is -1.91. The van der Waals surface area contributed by atoms with Crippen molar-refractivity contribution in [3.05, 3.63) is 59.9 Å². The van der Waals surface area contributed by atoms with Crippen molar-refractivity contribution in [1.29, 1.82) is 0 Å². The summed E-state index contributed by atoms with van der Waals surface area (Å²) in [6.07, 6.45) is 0. The number of benzene rings is 2. The molecule has 182 valence electrons. The lowest BCUT2D eigenvalue weighted by Crippen LogP contribution is -2.49. The standard InChI is InChI=1S/C24H32N6O3S/c1-18(2)23(29-15-13-28(14-16-29)20-7-9-21(33-4)10-8-20)24-25-26-27-30(24)17-34(31,32)22-11-5-19(3)6-12-22/h5-12,18,23H,13-17H2,1-4H3. The summed E-state index contributed by atoms with van der Waals surface area (Å²) >= 11 is 0. The van der Waals surface area contributed by atoms with Crippen LogP contribution >= 0.6 is 0 Å². The number of piperazine rings is 1. The number of anilines is 1. The minimum absolute atomic E-state index is 0.0822. The summed E-state index contributed by atoms with van der Waals surface area (Å²) < 4.78 is 32.8. The van der Waals surface area contributed by atoms with Crippen LogP contribution in [0, 0.1) is 12.8 Å². The second-order valence-corrected chi connectivity index (χ2v) is 11.0. The molecule has 3 aromatic rings. The molecule has 0 amide bonds. The van der Waals surface area contributed by atoms with Crippen molar-refractivity contribution in [2.75, 3.05) is 38.2 Å². The highest BCUT2D eigenvalue weighted by Gasteiger charge is 2.32. The molecule has 2 heterocycles. The van der Waals surface area contributed by atoms with E-state index in [1.54, 1.807) is 31.4 Å². The SMILES string of the molecule is COc1ccc(N2CCN(C(c3nnnn3CS(=O)(=O)c3ccc(C)cc3)C(C)C)CC2)cc1. The number of methoxy groups -OCH3 is 1. The van der Waals surface area contributed by atoms with E-state index in [0.717, 1.165) is 43.2 Å². The van der Waals surface area contributed by atoms with Gasteiger partial charge in [-0.1, -0.05) is 31.5 Å². The van der Waals surface area contributed by atoms with E-state index in [1.165, 1.54) is 4.68 Å². The lowest BCUT2D eigenvalue weighted by atomic mass is 10.0. The average Bonchev–Trinajstić information content (AvgIpc) is 3.26. The molecule has 0 aliphatic carbocycles. The molecule has 34 heavy (non-hydrogen) atoms. The first-order valence-electron chi connectivity index (χ1n) is 11.5. The molecule has 10 heteroatoms. The second kappa shape index (κ2) is 10.1. The maximum Gasteiger partial charge on any atom is 0.198 e. The fourth-order valence-electron chi connectivity index (χ4n) is 4.43. The zero-order valence-corrected chi connectivity index (χ0v) is 20.9. The van der Waals surface area contributed by atoms with Crippen LogP contribution in [0.1, 0.15) is 31.3 Å². The van der Waals surface area contributed by atoms with Crippen LogP contribution in [0.2, 0.25) is 0 Å². The Bertz CT molecular complexity index is 1180. The molecule has 1 saturated heterocycles. The van der Waals surface area contributed by atoms with E-state index in [9.17, 15) is 8.42 Å². The zero-order valence-electron chi connectivity index (χ0n) is 20.1. The first kappa shape index (κ1) is 24.2. The highest BCUT2D eigenvalue weighted by molar-refractivity contribution is 7.90. The molecule has 1 atom stereocenters. The summed E-state index contributed by atoms with van der Waals surface area (Å²) in [4.78, 5) is 4.97. The molecule has 4 rings (SSSR count). The fraction of sp³-hybridized carbons (Fsp3) is 0.458. The summed E-state index contributed by atoms with van der Waals surface area (Å²) in [6, 6.07) is 14.9. The largest absolute Gasteiger partial charge is 0.497 e. The van der Waals surface area contributed by atoms with Crippen LogP contribution in [0.3, 0.4) is 0 Å². The molecule has 1 aliphatic rings. The van der Waals surface area contributed by atoms with Gasteiger partial charge in [0.15, 0.2) is 21.5 Å². The first-order chi connectivity index (χ1) is 16.3. The zero-order chi connectivity index (χ0) is 24.3. The number of rotatable bonds is 8. The molecular weight excluding hydrogens is 452 g/mol. The molecule has 2 aromatic carbocycles. The average molecular weight is 485 g/mol. The normalized spacial score (nSPS) is 16.1. The third-order valence-corrected chi connectivity index (χ3v) is 7.85. The van der Waals surface area contributed by atoms with Gasteiger partial charge in [-0.2, -0.15) is 0 Å². The lowest BCUT2D eigenvalue weighted by Gasteiger charge is -2.41. The minimum atomic E-state index is -3.58. The van der Waals surface area contributed by atoms with Crippen molar-refractivity contribution in [3.63, 3.8) is 0 Å². The van der Waals surface area contributed by atoms with Gasteiger partial charge in [-0.25, -0.2) is 13.1 Å². The fourth-order valence-corrected chi connectivity index (χ4v) is 5.64. The summed E-state index contributed by atoms with van der Waals surface area (Å²) in [5, 5.41) is 12.2. The molecule has 1 fully saturated rings. The Kier molecular flexibility index (Phi) is 7.18. The van der Waals surface area contributed by atoms with Gasteiger partial charge in [-0.3, -0.25) is 4.90 Å². The van der Waals surface area contributed by atoms with E-state index in [2.05, 4.69) is 51.3 Å². The van der Waals surface area contributed by atoms with E-state index in [1.807, 2.05) is 19.1 Å². The van der Waals surface area contributed by atoms with E-state index in [0.29, 0.717) is 5.82 Å². The molecular formula is C24H32N6O3S. The van der Waals surface area contributed by atoms with Gasteiger partial charge in [0.25, 0.3) is 0 Å². The second-order valence-electron chi connectivity index (χ2n) is 9.00. The number of hydrogen-bond donors (Lipinski definition) is 0. The lowest BCUT2D eigenvalue weighted by molar-refractivity contribution is 0.135. The number of aryl methyl sites for hydroxylation is 1. The quantitative estimate of drug-likeness (QED) is 0.482. The monoisotopic (exact) mass is 484 g/mol. The number of sulfone groups is 1. The predicted octanol–water partition coefficient (Wildman–Crippen LogP) is 2.94. The van der Waals surface area contributed by atoms with E-state index < -0.39 is 9.84 Å². The maximum absolute atomic E-state index is 13.0. The summed E-state index contributed by atoms with van der Waals surface area (Å²) in [5.41, 5.74) is 2.17. The van der Waals surface area contributed by atoms with Crippen LogP contribution in [-0.4, -0.2) is 66.8 Å². The number of aromatic nitrogens is 4. The van der Waals surface area contributed by atoms with E-state index in [-0.39, 0.29) is 22.7 Å². The van der Waals surface area contributed by atoms with Gasteiger partial charge >= 0.3 is 0 Å². The van der Waals surface area contributed by atoms with Gasteiger partial charge < -0.3 is 9.64 Å². The van der Waals surface area contributed by atoms with Crippen molar-refractivity contribution >= 4 is 15.5 Å². The molecule has 0 saturated carbocycles. The van der Waals surface area contributed by atoms with Crippen molar-refractivity contribution < 1.29 is 13.2 Å². The highest BCUT2D eigenvalue weighted by atomic mass is 32.2. The van der Waals surface area contributed by atoms with Crippen molar-refractivity contribution in [3.8, 4) is 5.75 Å². The molecule has 1 aliphatic heterocycles. The summed E-state index contributed by atoms with van der Waals surface area (Å²) in [6.45, 7) is 9.54. The van der Waals surface area contributed by atoms with Crippen molar-refractivity contribution in [1.82, 2.24) is 25.1 Å². The number of ether oxygens (including phenoxy) is 1. The van der Waals surface area contributed by atoms with Crippen LogP contribution in [0.15, 0.2) is 53.4 Å². The van der Waals surface area contributed by atoms with Gasteiger partial charge in [-0.05, 0) is 59.7 Å². The highest BCUT2D eigenvalue weighted by Crippen LogP contribution is 2.30. The number of hydrogen-bond acceptors (Lipinski definition) is 8. The maximum atomic E-state index is 13.0. The third kappa shape index (κ3) is 5.23. The van der Waals surface area contributed by atoms with Gasteiger partial charge in [-0.15, -0.1) is 5.10 Å².